The number of likely N-dealkylation sites (N-methyl/N-ethyl adjacent to an activating group) is 2. The zero-order chi connectivity index (χ0) is 15.8. The first-order valence-corrected chi connectivity index (χ1v) is 9.00. The second-order valence-electron chi connectivity index (χ2n) is 7.12. The highest BCUT2D eigenvalue weighted by Crippen LogP contribution is 2.33. The lowest BCUT2D eigenvalue weighted by Crippen LogP contribution is -2.37. The molecule has 0 aromatic carbocycles. The summed E-state index contributed by atoms with van der Waals surface area (Å²) < 4.78 is 2.49. The van der Waals surface area contributed by atoms with Gasteiger partial charge in [0.15, 0.2) is 5.65 Å². The fourth-order valence-electron chi connectivity index (χ4n) is 4.27. The number of aromatic nitrogens is 3. The maximum absolute atomic E-state index is 5.01. The van der Waals surface area contributed by atoms with Crippen molar-refractivity contribution < 1.29 is 0 Å². The van der Waals surface area contributed by atoms with Crippen LogP contribution in [0.3, 0.4) is 0 Å². The Kier molecular flexibility index (Phi) is 4.07. The van der Waals surface area contributed by atoms with Crippen LogP contribution in [0.1, 0.15) is 44.0 Å². The van der Waals surface area contributed by atoms with Gasteiger partial charge in [-0.1, -0.05) is 6.92 Å². The normalized spacial score (nSPS) is 27.0. The van der Waals surface area contributed by atoms with Crippen LogP contribution in [0.4, 0.5) is 0 Å². The van der Waals surface area contributed by atoms with Crippen LogP contribution in [-0.4, -0.2) is 64.1 Å². The minimum Gasteiger partial charge on any atom is -0.308 e. The average Bonchev–Trinajstić information content (AvgIpc) is 3.18. The highest BCUT2D eigenvalue weighted by molar-refractivity contribution is 5.71. The molecule has 2 unspecified atom stereocenters. The Labute approximate surface area is 138 Å². The van der Waals surface area contributed by atoms with Crippen molar-refractivity contribution in [2.45, 2.75) is 38.1 Å². The first-order chi connectivity index (χ1) is 11.3. The zero-order valence-corrected chi connectivity index (χ0v) is 14.3. The Morgan fingerprint density at radius 3 is 2.91 bits per heavy atom. The number of hydrogen-bond donors (Lipinski definition) is 0. The molecule has 2 aromatic rings. The highest BCUT2D eigenvalue weighted by Gasteiger charge is 2.31. The monoisotopic (exact) mass is 313 g/mol. The van der Waals surface area contributed by atoms with Crippen LogP contribution in [0.15, 0.2) is 18.3 Å². The van der Waals surface area contributed by atoms with Gasteiger partial charge in [0, 0.05) is 31.2 Å². The molecule has 5 heteroatoms. The first kappa shape index (κ1) is 15.1. The smallest absolute Gasteiger partial charge is 0.160 e. The van der Waals surface area contributed by atoms with E-state index in [4.69, 9.17) is 4.98 Å². The van der Waals surface area contributed by atoms with Crippen molar-refractivity contribution in [1.82, 2.24) is 24.3 Å². The maximum atomic E-state index is 5.01. The SMILES string of the molecule is CCN1CCCC(n2c(C3CCN(C)C3)nc3cccnc32)C1. The molecule has 2 atom stereocenters. The van der Waals surface area contributed by atoms with Gasteiger partial charge in [-0.3, -0.25) is 0 Å². The predicted octanol–water partition coefficient (Wildman–Crippen LogP) is 2.51. The molecule has 23 heavy (non-hydrogen) atoms. The minimum atomic E-state index is 0.518. The molecule has 2 fully saturated rings. The van der Waals surface area contributed by atoms with Gasteiger partial charge >= 0.3 is 0 Å². The van der Waals surface area contributed by atoms with E-state index in [1.165, 1.54) is 38.2 Å². The molecule has 5 nitrogen and oxygen atoms in total. The first-order valence-electron chi connectivity index (χ1n) is 9.00. The number of pyridine rings is 1. The summed E-state index contributed by atoms with van der Waals surface area (Å²) in [6.45, 7) is 8.06. The Morgan fingerprint density at radius 1 is 1.22 bits per heavy atom. The Hall–Kier alpha value is -1.46. The van der Waals surface area contributed by atoms with Crippen LogP contribution in [0.5, 0.6) is 0 Å². The second-order valence-corrected chi connectivity index (χ2v) is 7.12. The van der Waals surface area contributed by atoms with Gasteiger partial charge in [-0.25, -0.2) is 9.97 Å². The van der Waals surface area contributed by atoms with E-state index >= 15 is 0 Å². The fraction of sp³-hybridized carbons (Fsp3) is 0.667. The van der Waals surface area contributed by atoms with E-state index in [9.17, 15) is 0 Å². The minimum absolute atomic E-state index is 0.518. The second kappa shape index (κ2) is 6.21. The van der Waals surface area contributed by atoms with Gasteiger partial charge in [-0.15, -0.1) is 0 Å². The van der Waals surface area contributed by atoms with Crippen LogP contribution in [0, 0.1) is 0 Å². The third-order valence-corrected chi connectivity index (χ3v) is 5.53. The Morgan fingerprint density at radius 2 is 2.13 bits per heavy atom. The number of likely N-dealkylation sites (tertiary alicyclic amines) is 2. The molecule has 2 saturated heterocycles. The molecule has 0 bridgehead atoms. The molecule has 2 aliphatic heterocycles. The molecule has 0 spiro atoms. The van der Waals surface area contributed by atoms with Crippen molar-refractivity contribution in [3.8, 4) is 0 Å². The van der Waals surface area contributed by atoms with Gasteiger partial charge in [0.25, 0.3) is 0 Å². The molecule has 2 aromatic heterocycles. The molecule has 0 N–H and O–H groups in total. The summed E-state index contributed by atoms with van der Waals surface area (Å²) in [5.41, 5.74) is 2.14. The largest absolute Gasteiger partial charge is 0.308 e. The number of piperidine rings is 1. The average molecular weight is 313 g/mol. The zero-order valence-electron chi connectivity index (χ0n) is 14.3. The third-order valence-electron chi connectivity index (χ3n) is 5.53. The molecule has 4 rings (SSSR count). The number of hydrogen-bond acceptors (Lipinski definition) is 4. The van der Waals surface area contributed by atoms with E-state index < -0.39 is 0 Å². The Balaban J connectivity index is 1.76. The molecule has 4 heterocycles. The highest BCUT2D eigenvalue weighted by atomic mass is 15.2. The van der Waals surface area contributed by atoms with E-state index in [1.807, 2.05) is 12.3 Å². The molecule has 0 saturated carbocycles. The van der Waals surface area contributed by atoms with Gasteiger partial charge in [0.05, 0.1) is 0 Å². The van der Waals surface area contributed by atoms with Crippen LogP contribution in [0.25, 0.3) is 11.2 Å². The summed E-state index contributed by atoms with van der Waals surface area (Å²) in [4.78, 5) is 14.7. The quantitative estimate of drug-likeness (QED) is 0.872. The van der Waals surface area contributed by atoms with E-state index in [0.717, 1.165) is 30.8 Å². The van der Waals surface area contributed by atoms with Gasteiger partial charge < -0.3 is 14.4 Å². The van der Waals surface area contributed by atoms with Gasteiger partial charge in [0.1, 0.15) is 11.3 Å². The standard InChI is InChI=1S/C18H27N5/c1-3-22-10-5-6-15(13-22)23-17(14-8-11-21(2)12-14)20-16-7-4-9-19-18(16)23/h4,7,9,14-15H,3,5-6,8,10-13H2,1-2H3. The van der Waals surface area contributed by atoms with Crippen molar-refractivity contribution in [1.29, 1.82) is 0 Å². The number of nitrogens with zero attached hydrogens (tertiary/aromatic N) is 5. The molecular weight excluding hydrogens is 286 g/mol. The molecule has 2 aliphatic rings. The summed E-state index contributed by atoms with van der Waals surface area (Å²) in [7, 11) is 2.21. The van der Waals surface area contributed by atoms with Crippen molar-refractivity contribution in [3.63, 3.8) is 0 Å². The molecule has 124 valence electrons. The van der Waals surface area contributed by atoms with Crippen molar-refractivity contribution >= 4 is 11.2 Å². The fourth-order valence-corrected chi connectivity index (χ4v) is 4.27. The molecule has 0 amide bonds. The number of rotatable bonds is 3. The van der Waals surface area contributed by atoms with E-state index in [1.54, 1.807) is 0 Å². The summed E-state index contributed by atoms with van der Waals surface area (Å²) in [5, 5.41) is 0. The lowest BCUT2D eigenvalue weighted by molar-refractivity contribution is 0.184. The van der Waals surface area contributed by atoms with Crippen LogP contribution >= 0.6 is 0 Å². The molecule has 0 radical (unpaired) electrons. The Bertz CT molecular complexity index is 679. The topological polar surface area (TPSA) is 37.2 Å². The van der Waals surface area contributed by atoms with Crippen molar-refractivity contribution in [2.75, 3.05) is 39.8 Å². The van der Waals surface area contributed by atoms with E-state index in [2.05, 4.69) is 39.4 Å². The molecular formula is C18H27N5. The predicted molar refractivity (Wildman–Crippen MR) is 92.8 cm³/mol. The lowest BCUT2D eigenvalue weighted by Gasteiger charge is -2.34. The summed E-state index contributed by atoms with van der Waals surface area (Å²) in [5.74, 6) is 1.82. The summed E-state index contributed by atoms with van der Waals surface area (Å²) in [6.07, 6.45) is 5.64. The van der Waals surface area contributed by atoms with E-state index in [0.29, 0.717) is 12.0 Å². The molecule has 0 aliphatic carbocycles. The number of imidazole rings is 1. The number of fused-ring (bicyclic) bond motifs is 1. The maximum Gasteiger partial charge on any atom is 0.160 e. The lowest BCUT2D eigenvalue weighted by atomic mass is 10.0. The van der Waals surface area contributed by atoms with Crippen LogP contribution in [0.2, 0.25) is 0 Å². The van der Waals surface area contributed by atoms with Gasteiger partial charge in [-0.2, -0.15) is 0 Å². The van der Waals surface area contributed by atoms with Gasteiger partial charge in [0.2, 0.25) is 0 Å². The third kappa shape index (κ3) is 2.76. The van der Waals surface area contributed by atoms with Crippen LogP contribution < -0.4 is 0 Å². The summed E-state index contributed by atoms with van der Waals surface area (Å²) >= 11 is 0. The summed E-state index contributed by atoms with van der Waals surface area (Å²) in [6, 6.07) is 4.63. The van der Waals surface area contributed by atoms with Crippen molar-refractivity contribution in [2.24, 2.45) is 0 Å². The van der Waals surface area contributed by atoms with Crippen molar-refractivity contribution in [3.05, 3.63) is 24.2 Å². The van der Waals surface area contributed by atoms with E-state index in [-0.39, 0.29) is 0 Å². The van der Waals surface area contributed by atoms with Gasteiger partial charge in [-0.05, 0) is 58.1 Å². The van der Waals surface area contributed by atoms with Crippen LogP contribution in [-0.2, 0) is 0 Å².